The summed E-state index contributed by atoms with van der Waals surface area (Å²) in [6, 6.07) is 5.77. The molecule has 1 aromatic heterocycles. The van der Waals surface area contributed by atoms with E-state index in [9.17, 15) is 4.79 Å². The lowest BCUT2D eigenvalue weighted by molar-refractivity contribution is -0.118. The molecule has 19 heavy (non-hydrogen) atoms. The van der Waals surface area contributed by atoms with E-state index in [0.29, 0.717) is 5.92 Å². The lowest BCUT2D eigenvalue weighted by Gasteiger charge is -2.18. The maximum Gasteiger partial charge on any atom is 0.265 e. The third-order valence-corrected chi connectivity index (χ3v) is 4.21. The molecule has 4 rings (SSSR count). The molecule has 2 aliphatic rings. The van der Waals surface area contributed by atoms with Crippen molar-refractivity contribution in [1.82, 2.24) is 15.0 Å². The van der Waals surface area contributed by atoms with E-state index in [0.717, 1.165) is 36.1 Å². The summed E-state index contributed by atoms with van der Waals surface area (Å²) in [5, 5.41) is 8.28. The smallest absolute Gasteiger partial charge is 0.265 e. The summed E-state index contributed by atoms with van der Waals surface area (Å²) in [5.41, 5.74) is 1.76. The van der Waals surface area contributed by atoms with Crippen LogP contribution in [0.5, 0.6) is 0 Å². The van der Waals surface area contributed by atoms with Crippen LogP contribution in [0.15, 0.2) is 24.4 Å². The molecule has 94 valence electrons. The van der Waals surface area contributed by atoms with Crippen molar-refractivity contribution < 1.29 is 4.79 Å². The lowest BCUT2D eigenvalue weighted by atomic mass is 10.1. The van der Waals surface area contributed by atoms with Gasteiger partial charge in [-0.05, 0) is 25.1 Å². The molecule has 2 aliphatic heterocycles. The van der Waals surface area contributed by atoms with Gasteiger partial charge in [0.15, 0.2) is 0 Å². The fourth-order valence-corrected chi connectivity index (χ4v) is 3.24. The van der Waals surface area contributed by atoms with Crippen LogP contribution in [0.2, 0.25) is 0 Å². The lowest BCUT2D eigenvalue weighted by Crippen LogP contribution is -2.36. The topological polar surface area (TPSA) is 50.2 Å². The molecule has 6 heteroatoms. The van der Waals surface area contributed by atoms with E-state index in [4.69, 9.17) is 7.98 Å². The van der Waals surface area contributed by atoms with E-state index in [1.54, 1.807) is 6.20 Å². The van der Waals surface area contributed by atoms with Crippen LogP contribution in [-0.4, -0.2) is 42.7 Å². The third kappa shape index (κ3) is 1.46. The van der Waals surface area contributed by atoms with Gasteiger partial charge in [0.2, 0.25) is 5.91 Å². The fourth-order valence-electron chi connectivity index (χ4n) is 3.24. The van der Waals surface area contributed by atoms with Crippen molar-refractivity contribution in [2.45, 2.75) is 12.5 Å². The molecule has 1 amide bonds. The quantitative estimate of drug-likeness (QED) is 0.742. The maximum atomic E-state index is 12.4. The van der Waals surface area contributed by atoms with Crippen molar-refractivity contribution in [2.24, 2.45) is 5.92 Å². The summed E-state index contributed by atoms with van der Waals surface area (Å²) in [6.07, 6.45) is 2.79. The van der Waals surface area contributed by atoms with Crippen LogP contribution in [0.3, 0.4) is 0 Å². The number of carbonyl (C=O) groups is 1. The van der Waals surface area contributed by atoms with E-state index >= 15 is 0 Å². The Morgan fingerprint density at radius 1 is 1.42 bits per heavy atom. The first-order valence-corrected chi connectivity index (χ1v) is 6.52. The number of hydrogen-bond acceptors (Lipinski definition) is 3. The zero-order valence-corrected chi connectivity index (χ0v) is 10.4. The molecule has 1 aromatic carbocycles. The summed E-state index contributed by atoms with van der Waals surface area (Å²) < 4.78 is 1.35. The molecule has 0 spiro atoms. The summed E-state index contributed by atoms with van der Waals surface area (Å²) in [7, 11) is 5.76. The number of nitrogens with one attached hydrogen (secondary N) is 1. The third-order valence-electron chi connectivity index (χ3n) is 4.21. The van der Waals surface area contributed by atoms with Gasteiger partial charge in [0.05, 0.1) is 23.4 Å². The number of amides is 1. The second kappa shape index (κ2) is 3.84. The Morgan fingerprint density at radius 3 is 3.16 bits per heavy atom. The maximum absolute atomic E-state index is 12.4. The van der Waals surface area contributed by atoms with Crippen LogP contribution >= 0.6 is 0 Å². The predicted octanol–water partition coefficient (Wildman–Crippen LogP) is 0.293. The van der Waals surface area contributed by atoms with Crippen LogP contribution in [0.4, 0.5) is 5.69 Å². The molecule has 5 nitrogen and oxygen atoms in total. The number of fused-ring (bicyclic) bond motifs is 2. The van der Waals surface area contributed by atoms with Gasteiger partial charge in [0.25, 0.3) is 7.98 Å². The highest BCUT2D eigenvalue weighted by Gasteiger charge is 2.43. The first-order valence-electron chi connectivity index (χ1n) is 6.52. The predicted molar refractivity (Wildman–Crippen MR) is 73.1 cm³/mol. The molecular weight excluding hydrogens is 239 g/mol. The average Bonchev–Trinajstić information content (AvgIpc) is 3.08. The molecule has 2 atom stereocenters. The molecule has 0 bridgehead atoms. The largest absolute Gasteiger partial charge is 0.324 e. The number of rotatable bonds is 1. The number of anilines is 1. The van der Waals surface area contributed by atoms with E-state index in [-0.39, 0.29) is 11.9 Å². The Hall–Kier alpha value is -1.82. The minimum absolute atomic E-state index is 0.0109. The van der Waals surface area contributed by atoms with Crippen LogP contribution in [0, 0.1) is 5.92 Å². The molecule has 0 saturated carbocycles. The van der Waals surface area contributed by atoms with E-state index in [2.05, 4.69) is 10.4 Å². The summed E-state index contributed by atoms with van der Waals surface area (Å²) >= 11 is 0. The molecule has 1 N–H and O–H groups in total. The number of carbonyl (C=O) groups excluding carboxylic acids is 1. The average molecular weight is 252 g/mol. The fraction of sp³-hybridized carbons (Fsp3) is 0.385. The van der Waals surface area contributed by atoms with Gasteiger partial charge in [-0.25, -0.2) is 0 Å². The second-order valence-corrected chi connectivity index (χ2v) is 5.23. The van der Waals surface area contributed by atoms with Crippen LogP contribution in [0.1, 0.15) is 6.42 Å². The van der Waals surface area contributed by atoms with Crippen molar-refractivity contribution in [3.63, 3.8) is 0 Å². The minimum atomic E-state index is -0.0109. The highest BCUT2D eigenvalue weighted by atomic mass is 16.2. The molecule has 2 radical (unpaired) electrons. The van der Waals surface area contributed by atoms with E-state index in [1.165, 1.54) is 4.59 Å². The zero-order valence-electron chi connectivity index (χ0n) is 10.4. The van der Waals surface area contributed by atoms with Crippen LogP contribution < -0.4 is 10.2 Å². The van der Waals surface area contributed by atoms with Crippen molar-refractivity contribution in [1.29, 1.82) is 0 Å². The van der Waals surface area contributed by atoms with Crippen LogP contribution in [0.25, 0.3) is 10.9 Å². The minimum Gasteiger partial charge on any atom is -0.324 e. The van der Waals surface area contributed by atoms with Gasteiger partial charge in [-0.15, -0.1) is 0 Å². The summed E-state index contributed by atoms with van der Waals surface area (Å²) in [5.74, 6) is 0.593. The monoisotopic (exact) mass is 252 g/mol. The molecule has 3 heterocycles. The van der Waals surface area contributed by atoms with Gasteiger partial charge >= 0.3 is 0 Å². The summed E-state index contributed by atoms with van der Waals surface area (Å²) in [4.78, 5) is 14.3. The molecule has 0 unspecified atom stereocenters. The van der Waals surface area contributed by atoms with Gasteiger partial charge in [-0.2, -0.15) is 5.10 Å². The first kappa shape index (κ1) is 11.0. The number of aromatic nitrogens is 2. The van der Waals surface area contributed by atoms with Crippen molar-refractivity contribution >= 4 is 30.5 Å². The number of benzene rings is 1. The molecule has 0 aliphatic carbocycles. The van der Waals surface area contributed by atoms with Crippen molar-refractivity contribution in [3.05, 3.63) is 24.4 Å². The molecule has 2 saturated heterocycles. The highest BCUT2D eigenvalue weighted by Crippen LogP contribution is 2.34. The highest BCUT2D eigenvalue weighted by molar-refractivity contribution is 6.13. The Bertz CT molecular complexity index is 668. The van der Waals surface area contributed by atoms with Gasteiger partial charge in [-0.1, -0.05) is 6.07 Å². The molecule has 2 aromatic rings. The van der Waals surface area contributed by atoms with Crippen molar-refractivity contribution in [2.75, 3.05) is 18.0 Å². The summed E-state index contributed by atoms with van der Waals surface area (Å²) in [6.45, 7) is 1.73. The Kier molecular flexibility index (Phi) is 2.23. The Labute approximate surface area is 112 Å². The Balaban J connectivity index is 1.81. The van der Waals surface area contributed by atoms with Crippen LogP contribution in [-0.2, 0) is 4.79 Å². The van der Waals surface area contributed by atoms with Gasteiger partial charge in [0, 0.05) is 17.8 Å². The normalized spacial score (nSPS) is 26.3. The standard InChI is InChI=1S/C13H13BN4O/c14-18-11-3-1-2-10(9(11)6-16-18)17-7-8-4-5-15-12(8)13(17)19/h1-3,6,8,12,15H,4-5,7H2/t8-,12-/m0/s1. The number of hydrogen-bond donors (Lipinski definition) is 1. The van der Waals surface area contributed by atoms with Gasteiger partial charge in [0.1, 0.15) is 0 Å². The van der Waals surface area contributed by atoms with Gasteiger partial charge < -0.3 is 14.8 Å². The van der Waals surface area contributed by atoms with Crippen molar-refractivity contribution in [3.8, 4) is 0 Å². The van der Waals surface area contributed by atoms with Gasteiger partial charge in [-0.3, -0.25) is 4.79 Å². The zero-order chi connectivity index (χ0) is 13.0. The number of nitrogens with zero attached hydrogens (tertiary/aromatic N) is 3. The second-order valence-electron chi connectivity index (χ2n) is 5.23. The SMILES string of the molecule is [B]n1ncc2c(N3C[C@@H]4CCN[C@@H]4C3=O)cccc21. The molecular formula is C13H13BN4O. The Morgan fingerprint density at radius 2 is 2.32 bits per heavy atom. The van der Waals surface area contributed by atoms with E-state index < -0.39 is 0 Å². The first-order chi connectivity index (χ1) is 9.25. The molecule has 2 fully saturated rings. The van der Waals surface area contributed by atoms with E-state index in [1.807, 2.05) is 23.1 Å².